The lowest BCUT2D eigenvalue weighted by Gasteiger charge is -1.98. The van der Waals surface area contributed by atoms with Crippen molar-refractivity contribution in [3.63, 3.8) is 0 Å². The molecule has 0 aliphatic carbocycles. The molecular weight excluding hydrogens is 224 g/mol. The lowest BCUT2D eigenvalue weighted by Crippen LogP contribution is -1.90. The standard InChI is InChI=1S/C16H12O2/c17-11-14-13-8-4-5-9-15(13)18-16(14)10-12-6-2-1-3-7-12/h1-9,11H,10H2. The third-order valence-corrected chi connectivity index (χ3v) is 3.04. The molecule has 0 aliphatic heterocycles. The van der Waals surface area contributed by atoms with Crippen molar-refractivity contribution >= 4 is 17.3 Å². The van der Waals surface area contributed by atoms with Crippen LogP contribution in [0, 0.1) is 0 Å². The molecule has 1 aromatic heterocycles. The molecule has 2 aromatic carbocycles. The van der Waals surface area contributed by atoms with E-state index in [2.05, 4.69) is 0 Å². The number of furan rings is 1. The molecule has 0 spiro atoms. The number of benzene rings is 2. The fourth-order valence-corrected chi connectivity index (χ4v) is 2.16. The highest BCUT2D eigenvalue weighted by molar-refractivity contribution is 5.97. The molecule has 88 valence electrons. The van der Waals surface area contributed by atoms with Crippen LogP contribution in [-0.4, -0.2) is 6.29 Å². The Hall–Kier alpha value is -2.35. The summed E-state index contributed by atoms with van der Waals surface area (Å²) < 4.78 is 5.76. The summed E-state index contributed by atoms with van der Waals surface area (Å²) in [6.07, 6.45) is 1.52. The smallest absolute Gasteiger partial charge is 0.154 e. The molecule has 0 radical (unpaired) electrons. The fourth-order valence-electron chi connectivity index (χ4n) is 2.16. The van der Waals surface area contributed by atoms with Gasteiger partial charge in [-0.3, -0.25) is 4.79 Å². The summed E-state index contributed by atoms with van der Waals surface area (Å²) in [7, 11) is 0. The van der Waals surface area contributed by atoms with Crippen molar-refractivity contribution < 1.29 is 9.21 Å². The minimum Gasteiger partial charge on any atom is -0.460 e. The normalized spacial score (nSPS) is 10.7. The van der Waals surface area contributed by atoms with Crippen molar-refractivity contribution in [3.05, 3.63) is 71.5 Å². The highest BCUT2D eigenvalue weighted by atomic mass is 16.3. The third kappa shape index (κ3) is 1.82. The number of para-hydroxylation sites is 1. The van der Waals surface area contributed by atoms with E-state index < -0.39 is 0 Å². The summed E-state index contributed by atoms with van der Waals surface area (Å²) in [5.41, 5.74) is 2.57. The second kappa shape index (κ2) is 4.49. The van der Waals surface area contributed by atoms with Gasteiger partial charge in [0.25, 0.3) is 0 Å². The van der Waals surface area contributed by atoms with E-state index in [1.54, 1.807) is 0 Å². The largest absolute Gasteiger partial charge is 0.460 e. The summed E-state index contributed by atoms with van der Waals surface area (Å²) in [5, 5.41) is 0.887. The molecule has 0 amide bonds. The van der Waals surface area contributed by atoms with Crippen LogP contribution in [0.25, 0.3) is 11.0 Å². The number of fused-ring (bicyclic) bond motifs is 1. The molecule has 1 heterocycles. The van der Waals surface area contributed by atoms with Crippen LogP contribution in [0.2, 0.25) is 0 Å². The van der Waals surface area contributed by atoms with Gasteiger partial charge >= 0.3 is 0 Å². The molecule has 0 N–H and O–H groups in total. The first-order chi connectivity index (χ1) is 8.88. The summed E-state index contributed by atoms with van der Waals surface area (Å²) in [6, 6.07) is 17.6. The molecule has 2 heteroatoms. The molecule has 0 saturated heterocycles. The zero-order valence-electron chi connectivity index (χ0n) is 9.80. The lowest BCUT2D eigenvalue weighted by atomic mass is 10.1. The Kier molecular flexibility index (Phi) is 2.69. The second-order valence-electron chi connectivity index (χ2n) is 4.22. The van der Waals surface area contributed by atoms with E-state index in [1.165, 1.54) is 0 Å². The minimum absolute atomic E-state index is 0.642. The maximum absolute atomic E-state index is 11.2. The van der Waals surface area contributed by atoms with Crippen LogP contribution in [0.5, 0.6) is 0 Å². The molecule has 0 bridgehead atoms. The van der Waals surface area contributed by atoms with Gasteiger partial charge < -0.3 is 4.42 Å². The van der Waals surface area contributed by atoms with Crippen molar-refractivity contribution in [2.24, 2.45) is 0 Å². The average molecular weight is 236 g/mol. The average Bonchev–Trinajstić information content (AvgIpc) is 2.77. The van der Waals surface area contributed by atoms with Gasteiger partial charge in [0.2, 0.25) is 0 Å². The van der Waals surface area contributed by atoms with Crippen molar-refractivity contribution in [1.82, 2.24) is 0 Å². The molecule has 2 nitrogen and oxygen atoms in total. The fraction of sp³-hybridized carbons (Fsp3) is 0.0625. The van der Waals surface area contributed by atoms with Crippen molar-refractivity contribution in [2.45, 2.75) is 6.42 Å². The predicted molar refractivity (Wildman–Crippen MR) is 70.8 cm³/mol. The summed E-state index contributed by atoms with van der Waals surface area (Å²) in [5.74, 6) is 0.734. The van der Waals surface area contributed by atoms with Crippen LogP contribution in [0.15, 0.2) is 59.0 Å². The molecule has 0 unspecified atom stereocenters. The Labute approximate surface area is 105 Å². The van der Waals surface area contributed by atoms with E-state index in [0.717, 1.165) is 28.6 Å². The first-order valence-electron chi connectivity index (χ1n) is 5.88. The van der Waals surface area contributed by atoms with Crippen molar-refractivity contribution in [1.29, 1.82) is 0 Å². The maximum atomic E-state index is 11.2. The first-order valence-corrected chi connectivity index (χ1v) is 5.88. The van der Waals surface area contributed by atoms with Crippen molar-refractivity contribution in [2.75, 3.05) is 0 Å². The SMILES string of the molecule is O=Cc1c(Cc2ccccc2)oc2ccccc12. The Morgan fingerprint density at radius 1 is 0.944 bits per heavy atom. The van der Waals surface area contributed by atoms with E-state index >= 15 is 0 Å². The van der Waals surface area contributed by atoms with Gasteiger partial charge in [-0.25, -0.2) is 0 Å². The zero-order valence-corrected chi connectivity index (χ0v) is 9.80. The first kappa shape index (κ1) is 10.8. The number of rotatable bonds is 3. The minimum atomic E-state index is 0.642. The second-order valence-corrected chi connectivity index (χ2v) is 4.22. The monoisotopic (exact) mass is 236 g/mol. The van der Waals surface area contributed by atoms with E-state index in [9.17, 15) is 4.79 Å². The maximum Gasteiger partial charge on any atom is 0.154 e. The Bertz CT molecular complexity index is 681. The van der Waals surface area contributed by atoms with Gasteiger partial charge in [0.15, 0.2) is 6.29 Å². The van der Waals surface area contributed by atoms with Gasteiger partial charge in [-0.05, 0) is 11.6 Å². The number of hydrogen-bond acceptors (Lipinski definition) is 2. The van der Waals surface area contributed by atoms with Crippen LogP contribution < -0.4 is 0 Å². The number of carbonyl (C=O) groups is 1. The van der Waals surface area contributed by atoms with E-state index in [-0.39, 0.29) is 0 Å². The van der Waals surface area contributed by atoms with E-state index in [0.29, 0.717) is 12.0 Å². The number of hydrogen-bond donors (Lipinski definition) is 0. The number of aldehydes is 1. The van der Waals surface area contributed by atoms with Gasteiger partial charge in [0, 0.05) is 11.8 Å². The van der Waals surface area contributed by atoms with Gasteiger partial charge in [0.1, 0.15) is 11.3 Å². The highest BCUT2D eigenvalue weighted by Crippen LogP contribution is 2.26. The Balaban J connectivity index is 2.09. The predicted octanol–water partition coefficient (Wildman–Crippen LogP) is 3.84. The summed E-state index contributed by atoms with van der Waals surface area (Å²) in [6.45, 7) is 0. The van der Waals surface area contributed by atoms with E-state index in [1.807, 2.05) is 54.6 Å². The molecule has 3 rings (SSSR count). The van der Waals surface area contributed by atoms with Crippen molar-refractivity contribution in [3.8, 4) is 0 Å². The van der Waals surface area contributed by atoms with Crippen LogP contribution in [-0.2, 0) is 6.42 Å². The molecule has 0 saturated carbocycles. The number of carbonyl (C=O) groups excluding carboxylic acids is 1. The Morgan fingerprint density at radius 2 is 1.67 bits per heavy atom. The lowest BCUT2D eigenvalue weighted by molar-refractivity contribution is 0.112. The molecule has 0 aliphatic rings. The zero-order chi connectivity index (χ0) is 12.4. The third-order valence-electron chi connectivity index (χ3n) is 3.04. The molecule has 18 heavy (non-hydrogen) atoms. The topological polar surface area (TPSA) is 30.2 Å². The highest BCUT2D eigenvalue weighted by Gasteiger charge is 2.13. The van der Waals surface area contributed by atoms with Gasteiger partial charge in [-0.15, -0.1) is 0 Å². The van der Waals surface area contributed by atoms with Gasteiger partial charge in [-0.2, -0.15) is 0 Å². The molecule has 3 aromatic rings. The van der Waals surface area contributed by atoms with Gasteiger partial charge in [-0.1, -0.05) is 48.5 Å². The van der Waals surface area contributed by atoms with Crippen LogP contribution in [0.1, 0.15) is 21.7 Å². The van der Waals surface area contributed by atoms with Gasteiger partial charge in [0.05, 0.1) is 5.56 Å². The molecular formula is C16H12O2. The van der Waals surface area contributed by atoms with E-state index in [4.69, 9.17) is 4.42 Å². The molecule has 0 atom stereocenters. The van der Waals surface area contributed by atoms with Crippen LogP contribution in [0.3, 0.4) is 0 Å². The molecule has 0 fully saturated rings. The van der Waals surface area contributed by atoms with Crippen LogP contribution in [0.4, 0.5) is 0 Å². The Morgan fingerprint density at radius 3 is 2.44 bits per heavy atom. The summed E-state index contributed by atoms with van der Waals surface area (Å²) >= 11 is 0. The summed E-state index contributed by atoms with van der Waals surface area (Å²) in [4.78, 5) is 11.2. The quantitative estimate of drug-likeness (QED) is 0.647. The van der Waals surface area contributed by atoms with Crippen LogP contribution >= 0.6 is 0 Å².